The molecule has 38 heavy (non-hydrogen) atoms. The largest absolute Gasteiger partial charge is 0.493 e. The Morgan fingerprint density at radius 1 is 1.24 bits per heavy atom. The number of pyridine rings is 1. The molecule has 1 aromatic carbocycles. The number of ether oxygens (including phenoxy) is 2. The number of carbonyl (C=O) groups excluding carboxylic acids is 1. The standard InChI is InChI=1S/C31H36N2O5/c1-19-16-24-23(11-13-26(34)33(24)18-22-9-5-6-14-32-22)28(29(30(35)36)38-31(2,3)4)27(19)21-10-12-25-20(17-21)8-7-15-37-25/h5-6,9-10,12,14,16-17,23,28-29H,7-8,11,13,15,18H2,1-4H3,(H,35,36). The predicted molar refractivity (Wildman–Crippen MR) is 144 cm³/mol. The number of piperidine rings is 1. The number of benzene rings is 1. The average molecular weight is 517 g/mol. The van der Waals surface area contributed by atoms with Crippen molar-refractivity contribution in [1.82, 2.24) is 9.88 Å². The lowest BCUT2D eigenvalue weighted by atomic mass is 9.68. The van der Waals surface area contributed by atoms with Gasteiger partial charge in [0.05, 0.1) is 24.4 Å². The van der Waals surface area contributed by atoms with E-state index in [1.807, 2.05) is 58.0 Å². The number of hydrogen-bond acceptors (Lipinski definition) is 5. The number of aliphatic carboxylic acids is 1. The Labute approximate surface area is 224 Å². The van der Waals surface area contributed by atoms with Crippen molar-refractivity contribution in [3.05, 3.63) is 76.8 Å². The van der Waals surface area contributed by atoms with E-state index in [9.17, 15) is 14.7 Å². The van der Waals surface area contributed by atoms with Crippen molar-refractivity contribution in [2.75, 3.05) is 6.61 Å². The van der Waals surface area contributed by atoms with Crippen LogP contribution < -0.4 is 4.74 Å². The lowest BCUT2D eigenvalue weighted by Gasteiger charge is -2.45. The SMILES string of the molecule is CC1=C(c2ccc3c(c2)CCCO3)C(C(OC(C)(C)C)C(=O)O)C2CCC(=O)N(Cc3ccccn3)C2=C1. The van der Waals surface area contributed by atoms with Crippen LogP contribution in [0.25, 0.3) is 5.57 Å². The molecule has 3 atom stereocenters. The van der Waals surface area contributed by atoms with Gasteiger partial charge >= 0.3 is 5.97 Å². The van der Waals surface area contributed by atoms with Crippen LogP contribution in [-0.4, -0.2) is 45.2 Å². The normalized spacial score (nSPS) is 22.3. The molecule has 1 aromatic heterocycles. The first-order chi connectivity index (χ1) is 18.1. The Hall–Kier alpha value is -3.45. The summed E-state index contributed by atoms with van der Waals surface area (Å²) < 4.78 is 12.1. The number of carboxylic acid groups (broad SMARTS) is 1. The maximum atomic E-state index is 13.2. The molecule has 0 radical (unpaired) electrons. The summed E-state index contributed by atoms with van der Waals surface area (Å²) in [5.74, 6) is -0.722. The van der Waals surface area contributed by atoms with Crippen LogP contribution in [0.2, 0.25) is 0 Å². The number of hydrogen-bond donors (Lipinski definition) is 1. The van der Waals surface area contributed by atoms with E-state index >= 15 is 0 Å². The van der Waals surface area contributed by atoms with Gasteiger partial charge in [-0.3, -0.25) is 9.78 Å². The molecule has 1 saturated heterocycles. The lowest BCUT2D eigenvalue weighted by Crippen LogP contribution is -2.48. The van der Waals surface area contributed by atoms with Crippen molar-refractivity contribution >= 4 is 17.4 Å². The number of carbonyl (C=O) groups is 2. The van der Waals surface area contributed by atoms with Gasteiger partial charge in [0.2, 0.25) is 5.91 Å². The lowest BCUT2D eigenvalue weighted by molar-refractivity contribution is -0.166. The molecule has 1 fully saturated rings. The second-order valence-electron chi connectivity index (χ2n) is 11.4. The smallest absolute Gasteiger partial charge is 0.333 e. The van der Waals surface area contributed by atoms with E-state index in [1.165, 1.54) is 0 Å². The van der Waals surface area contributed by atoms with Gasteiger partial charge in [-0.15, -0.1) is 0 Å². The third kappa shape index (κ3) is 5.25. The van der Waals surface area contributed by atoms with E-state index in [0.29, 0.717) is 26.0 Å². The van der Waals surface area contributed by atoms with Gasteiger partial charge in [-0.05, 0) is 99.6 Å². The molecule has 7 nitrogen and oxygen atoms in total. The van der Waals surface area contributed by atoms with Crippen LogP contribution in [0.4, 0.5) is 0 Å². The van der Waals surface area contributed by atoms with Crippen LogP contribution >= 0.6 is 0 Å². The van der Waals surface area contributed by atoms with Crippen LogP contribution in [0.1, 0.15) is 63.8 Å². The van der Waals surface area contributed by atoms with Crippen LogP contribution in [0.3, 0.4) is 0 Å². The Bertz CT molecular complexity index is 1290. The molecular formula is C31H36N2O5. The summed E-state index contributed by atoms with van der Waals surface area (Å²) in [5, 5.41) is 10.5. The van der Waals surface area contributed by atoms with Gasteiger partial charge in [-0.25, -0.2) is 4.79 Å². The maximum Gasteiger partial charge on any atom is 0.333 e. The van der Waals surface area contributed by atoms with Gasteiger partial charge in [0, 0.05) is 30.2 Å². The van der Waals surface area contributed by atoms with Gasteiger partial charge in [-0.2, -0.15) is 0 Å². The molecule has 3 aliphatic rings. The second kappa shape index (κ2) is 10.4. The molecule has 0 saturated carbocycles. The molecular weight excluding hydrogens is 480 g/mol. The van der Waals surface area contributed by atoms with Crippen molar-refractivity contribution in [1.29, 1.82) is 0 Å². The summed E-state index contributed by atoms with van der Waals surface area (Å²) in [4.78, 5) is 32.2. The van der Waals surface area contributed by atoms with Crippen molar-refractivity contribution in [3.8, 4) is 5.75 Å². The van der Waals surface area contributed by atoms with E-state index in [1.54, 1.807) is 11.1 Å². The van der Waals surface area contributed by atoms with E-state index < -0.39 is 23.6 Å². The minimum atomic E-state index is -1.08. The fourth-order valence-electron chi connectivity index (χ4n) is 6.02. The highest BCUT2D eigenvalue weighted by Gasteiger charge is 2.47. The molecule has 0 spiro atoms. The number of rotatable bonds is 6. The summed E-state index contributed by atoms with van der Waals surface area (Å²) in [7, 11) is 0. The molecule has 1 N–H and O–H groups in total. The van der Waals surface area contributed by atoms with Crippen molar-refractivity contribution < 1.29 is 24.2 Å². The molecule has 1 aliphatic carbocycles. The minimum absolute atomic E-state index is 0.0303. The van der Waals surface area contributed by atoms with Crippen molar-refractivity contribution in [2.45, 2.75) is 71.6 Å². The number of allylic oxidation sites excluding steroid dienone is 3. The quantitative estimate of drug-likeness (QED) is 0.553. The summed E-state index contributed by atoms with van der Waals surface area (Å²) in [5.41, 5.74) is 5.03. The summed E-state index contributed by atoms with van der Waals surface area (Å²) in [6.45, 7) is 8.72. The van der Waals surface area contributed by atoms with E-state index in [0.717, 1.165) is 52.3 Å². The van der Waals surface area contributed by atoms with Crippen molar-refractivity contribution in [3.63, 3.8) is 0 Å². The zero-order chi connectivity index (χ0) is 27.0. The number of aryl methyl sites for hydroxylation is 1. The molecule has 5 rings (SSSR count). The fraction of sp³-hybridized carbons (Fsp3) is 0.452. The van der Waals surface area contributed by atoms with Crippen LogP contribution in [0, 0.1) is 11.8 Å². The highest BCUT2D eigenvalue weighted by Crippen LogP contribution is 2.49. The minimum Gasteiger partial charge on any atom is -0.493 e. The third-order valence-electron chi connectivity index (χ3n) is 7.53. The molecule has 3 heterocycles. The highest BCUT2D eigenvalue weighted by molar-refractivity contribution is 5.85. The molecule has 1 amide bonds. The van der Waals surface area contributed by atoms with E-state index in [4.69, 9.17) is 9.47 Å². The predicted octanol–water partition coefficient (Wildman–Crippen LogP) is 5.40. The first-order valence-electron chi connectivity index (χ1n) is 13.4. The topological polar surface area (TPSA) is 89.0 Å². The number of likely N-dealkylation sites (tertiary alicyclic amines) is 1. The first kappa shape index (κ1) is 26.2. The number of amides is 1. The molecule has 2 aromatic rings. The average Bonchev–Trinajstić information content (AvgIpc) is 2.88. The first-order valence-corrected chi connectivity index (χ1v) is 13.4. The summed E-state index contributed by atoms with van der Waals surface area (Å²) in [6, 6.07) is 11.8. The van der Waals surface area contributed by atoms with Crippen LogP contribution in [-0.2, 0) is 27.3 Å². The molecule has 7 heteroatoms. The van der Waals surface area contributed by atoms with Gasteiger partial charge in [0.1, 0.15) is 5.75 Å². The molecule has 2 aliphatic heterocycles. The Morgan fingerprint density at radius 3 is 2.76 bits per heavy atom. The maximum absolute atomic E-state index is 13.2. The van der Waals surface area contributed by atoms with E-state index in [2.05, 4.69) is 17.1 Å². The molecule has 200 valence electrons. The highest BCUT2D eigenvalue weighted by atomic mass is 16.5. The van der Waals surface area contributed by atoms with Gasteiger partial charge in [0.25, 0.3) is 0 Å². The van der Waals surface area contributed by atoms with Crippen LogP contribution in [0.5, 0.6) is 5.75 Å². The monoisotopic (exact) mass is 516 g/mol. The summed E-state index contributed by atoms with van der Waals surface area (Å²) in [6.07, 6.45) is 5.51. The van der Waals surface area contributed by atoms with Gasteiger partial charge in [-0.1, -0.05) is 12.1 Å². The van der Waals surface area contributed by atoms with Crippen molar-refractivity contribution in [2.24, 2.45) is 11.8 Å². The Morgan fingerprint density at radius 2 is 2.05 bits per heavy atom. The Kier molecular flexibility index (Phi) is 7.14. The Balaban J connectivity index is 1.65. The second-order valence-corrected chi connectivity index (χ2v) is 11.4. The zero-order valence-corrected chi connectivity index (χ0v) is 22.6. The number of fused-ring (bicyclic) bond motifs is 2. The summed E-state index contributed by atoms with van der Waals surface area (Å²) >= 11 is 0. The van der Waals surface area contributed by atoms with Gasteiger partial charge < -0.3 is 19.5 Å². The molecule has 0 bridgehead atoms. The van der Waals surface area contributed by atoms with E-state index in [-0.39, 0.29) is 11.8 Å². The van der Waals surface area contributed by atoms with Gasteiger partial charge in [0.15, 0.2) is 6.10 Å². The number of nitrogens with zero attached hydrogens (tertiary/aromatic N) is 2. The third-order valence-corrected chi connectivity index (χ3v) is 7.53. The zero-order valence-electron chi connectivity index (χ0n) is 22.6. The fourth-order valence-corrected chi connectivity index (χ4v) is 6.02. The number of aromatic nitrogens is 1. The van der Waals surface area contributed by atoms with Crippen LogP contribution in [0.15, 0.2) is 59.9 Å². The number of carboxylic acids is 1. The molecule has 3 unspecified atom stereocenters.